The summed E-state index contributed by atoms with van der Waals surface area (Å²) in [5.41, 5.74) is 2.23. The molecule has 114 valence electrons. The average Bonchev–Trinajstić information content (AvgIpc) is 2.85. The van der Waals surface area contributed by atoms with Crippen molar-refractivity contribution in [3.8, 4) is 5.75 Å². The number of aromatic nitrogens is 1. The van der Waals surface area contributed by atoms with Gasteiger partial charge in [-0.25, -0.2) is 0 Å². The Morgan fingerprint density at radius 1 is 1.33 bits per heavy atom. The highest BCUT2D eigenvalue weighted by atomic mass is 16.5. The number of pyridine rings is 1. The number of nitrogens with zero attached hydrogens (tertiary/aromatic N) is 1. The molecule has 2 rings (SSSR count). The van der Waals surface area contributed by atoms with E-state index in [-0.39, 0.29) is 12.1 Å². The van der Waals surface area contributed by atoms with E-state index in [1.54, 1.807) is 12.5 Å². The molecule has 0 aliphatic rings. The molecule has 0 aliphatic carbocycles. The molecular weight excluding hydrogens is 264 g/mol. The first-order chi connectivity index (χ1) is 10.1. The summed E-state index contributed by atoms with van der Waals surface area (Å²) in [5, 5.41) is 3.55. The van der Waals surface area contributed by atoms with Crippen molar-refractivity contribution in [2.75, 3.05) is 6.54 Å². The second kappa shape index (κ2) is 7.27. The molecular formula is C17H24N2O2. The van der Waals surface area contributed by atoms with Gasteiger partial charge in [0, 0.05) is 11.8 Å². The van der Waals surface area contributed by atoms with Crippen LogP contribution in [0.25, 0.3) is 0 Å². The van der Waals surface area contributed by atoms with Crippen molar-refractivity contribution in [2.24, 2.45) is 0 Å². The third-order valence-corrected chi connectivity index (χ3v) is 3.25. The lowest BCUT2D eigenvalue weighted by Gasteiger charge is -2.19. The van der Waals surface area contributed by atoms with Crippen LogP contribution in [-0.4, -0.2) is 17.6 Å². The first-order valence-electron chi connectivity index (χ1n) is 7.50. The SMILES string of the molecule is CCCNC(c1cncc(OC(C)C)c1)c1ccoc1C. The Hall–Kier alpha value is -1.81. The lowest BCUT2D eigenvalue weighted by atomic mass is 10.0. The summed E-state index contributed by atoms with van der Waals surface area (Å²) >= 11 is 0. The van der Waals surface area contributed by atoms with Crippen LogP contribution in [0.15, 0.2) is 35.2 Å². The Morgan fingerprint density at radius 2 is 2.14 bits per heavy atom. The Kier molecular flexibility index (Phi) is 5.39. The van der Waals surface area contributed by atoms with Crippen LogP contribution in [0.4, 0.5) is 0 Å². The molecule has 2 aromatic rings. The molecule has 0 saturated heterocycles. The molecule has 0 aliphatic heterocycles. The maximum absolute atomic E-state index is 5.74. The van der Waals surface area contributed by atoms with Crippen molar-refractivity contribution in [2.45, 2.75) is 46.3 Å². The molecule has 4 heteroatoms. The van der Waals surface area contributed by atoms with E-state index in [1.165, 1.54) is 0 Å². The fourth-order valence-electron chi connectivity index (χ4n) is 2.32. The largest absolute Gasteiger partial charge is 0.489 e. The van der Waals surface area contributed by atoms with Crippen molar-refractivity contribution in [3.63, 3.8) is 0 Å². The summed E-state index contributed by atoms with van der Waals surface area (Å²) < 4.78 is 11.2. The number of rotatable bonds is 7. The monoisotopic (exact) mass is 288 g/mol. The standard InChI is InChI=1S/C17H24N2O2/c1-5-7-19-17(16-6-8-20-13(16)4)14-9-15(11-18-10-14)21-12(2)3/h6,8-12,17,19H,5,7H2,1-4H3. The van der Waals surface area contributed by atoms with Crippen LogP contribution >= 0.6 is 0 Å². The Balaban J connectivity index is 2.30. The fourth-order valence-corrected chi connectivity index (χ4v) is 2.32. The van der Waals surface area contributed by atoms with Gasteiger partial charge in [0.2, 0.25) is 0 Å². The zero-order valence-corrected chi connectivity index (χ0v) is 13.2. The third-order valence-electron chi connectivity index (χ3n) is 3.25. The van der Waals surface area contributed by atoms with Gasteiger partial charge in [-0.2, -0.15) is 0 Å². The van der Waals surface area contributed by atoms with Crippen molar-refractivity contribution in [1.29, 1.82) is 0 Å². The van der Waals surface area contributed by atoms with Gasteiger partial charge in [0.25, 0.3) is 0 Å². The summed E-state index contributed by atoms with van der Waals surface area (Å²) in [5.74, 6) is 1.73. The molecule has 4 nitrogen and oxygen atoms in total. The van der Waals surface area contributed by atoms with Crippen LogP contribution in [0.5, 0.6) is 5.75 Å². The van der Waals surface area contributed by atoms with Gasteiger partial charge >= 0.3 is 0 Å². The molecule has 2 aromatic heterocycles. The number of nitrogens with one attached hydrogen (secondary N) is 1. The highest BCUT2D eigenvalue weighted by molar-refractivity contribution is 5.35. The van der Waals surface area contributed by atoms with E-state index in [4.69, 9.17) is 9.15 Å². The highest BCUT2D eigenvalue weighted by Gasteiger charge is 2.18. The zero-order chi connectivity index (χ0) is 15.2. The first-order valence-corrected chi connectivity index (χ1v) is 7.50. The average molecular weight is 288 g/mol. The number of hydrogen-bond donors (Lipinski definition) is 1. The number of hydrogen-bond acceptors (Lipinski definition) is 4. The van der Waals surface area contributed by atoms with Crippen LogP contribution in [0.3, 0.4) is 0 Å². The summed E-state index contributed by atoms with van der Waals surface area (Å²) in [6, 6.07) is 4.14. The van der Waals surface area contributed by atoms with Gasteiger partial charge in [0.15, 0.2) is 0 Å². The van der Waals surface area contributed by atoms with Crippen molar-refractivity contribution in [3.05, 3.63) is 47.7 Å². The molecule has 1 unspecified atom stereocenters. The summed E-state index contributed by atoms with van der Waals surface area (Å²) in [6.07, 6.45) is 6.57. The molecule has 21 heavy (non-hydrogen) atoms. The molecule has 0 spiro atoms. The van der Waals surface area contributed by atoms with E-state index in [1.807, 2.05) is 39.1 Å². The van der Waals surface area contributed by atoms with Crippen LogP contribution in [0, 0.1) is 6.92 Å². The lowest BCUT2D eigenvalue weighted by molar-refractivity contribution is 0.241. The smallest absolute Gasteiger partial charge is 0.138 e. The number of furan rings is 1. The van der Waals surface area contributed by atoms with Crippen LogP contribution in [0.2, 0.25) is 0 Å². The van der Waals surface area contributed by atoms with E-state index >= 15 is 0 Å². The van der Waals surface area contributed by atoms with E-state index in [0.29, 0.717) is 0 Å². The lowest BCUT2D eigenvalue weighted by Crippen LogP contribution is -2.23. The molecule has 0 bridgehead atoms. The zero-order valence-electron chi connectivity index (χ0n) is 13.2. The molecule has 2 heterocycles. The van der Waals surface area contributed by atoms with E-state index in [0.717, 1.165) is 35.6 Å². The first kappa shape index (κ1) is 15.6. The minimum absolute atomic E-state index is 0.0758. The van der Waals surface area contributed by atoms with Gasteiger partial charge in [0.1, 0.15) is 11.5 Å². The van der Waals surface area contributed by atoms with Crippen molar-refractivity contribution < 1.29 is 9.15 Å². The van der Waals surface area contributed by atoms with E-state index < -0.39 is 0 Å². The van der Waals surface area contributed by atoms with Gasteiger partial charge in [-0.3, -0.25) is 4.98 Å². The van der Waals surface area contributed by atoms with Gasteiger partial charge < -0.3 is 14.5 Å². The topological polar surface area (TPSA) is 47.3 Å². The van der Waals surface area contributed by atoms with Crippen molar-refractivity contribution in [1.82, 2.24) is 10.3 Å². The van der Waals surface area contributed by atoms with Crippen LogP contribution in [0.1, 0.15) is 50.1 Å². The summed E-state index contributed by atoms with van der Waals surface area (Å²) in [4.78, 5) is 4.31. The van der Waals surface area contributed by atoms with E-state index in [9.17, 15) is 0 Å². The van der Waals surface area contributed by atoms with Gasteiger partial charge in [-0.05, 0) is 51.4 Å². The number of aryl methyl sites for hydroxylation is 1. The molecule has 0 amide bonds. The summed E-state index contributed by atoms with van der Waals surface area (Å²) in [7, 11) is 0. The molecule has 1 N–H and O–H groups in total. The molecule has 1 atom stereocenters. The van der Waals surface area contributed by atoms with Crippen molar-refractivity contribution >= 4 is 0 Å². The number of ether oxygens (including phenoxy) is 1. The van der Waals surface area contributed by atoms with Gasteiger partial charge in [0.05, 0.1) is 24.6 Å². The maximum Gasteiger partial charge on any atom is 0.138 e. The molecule has 0 fully saturated rings. The quantitative estimate of drug-likeness (QED) is 0.840. The molecule has 0 saturated carbocycles. The molecule has 0 aromatic carbocycles. The van der Waals surface area contributed by atoms with Crippen LogP contribution in [-0.2, 0) is 0 Å². The summed E-state index contributed by atoms with van der Waals surface area (Å²) in [6.45, 7) is 9.10. The second-order valence-electron chi connectivity index (χ2n) is 5.44. The normalized spacial score (nSPS) is 12.6. The highest BCUT2D eigenvalue weighted by Crippen LogP contribution is 2.27. The second-order valence-corrected chi connectivity index (χ2v) is 5.44. The van der Waals surface area contributed by atoms with Gasteiger partial charge in [-0.15, -0.1) is 0 Å². The van der Waals surface area contributed by atoms with Gasteiger partial charge in [-0.1, -0.05) is 6.92 Å². The van der Waals surface area contributed by atoms with E-state index in [2.05, 4.69) is 17.2 Å². The predicted molar refractivity (Wildman–Crippen MR) is 83.6 cm³/mol. The minimum atomic E-state index is 0.0758. The minimum Gasteiger partial charge on any atom is -0.489 e. The Bertz CT molecular complexity index is 563. The fraction of sp³-hybridized carbons (Fsp3) is 0.471. The van der Waals surface area contributed by atoms with Crippen LogP contribution < -0.4 is 10.1 Å². The molecule has 0 radical (unpaired) electrons. The Labute approximate surface area is 126 Å². The third kappa shape index (κ3) is 4.08. The Morgan fingerprint density at radius 3 is 2.76 bits per heavy atom. The maximum atomic E-state index is 5.74. The predicted octanol–water partition coefficient (Wildman–Crippen LogP) is 3.86.